The molecule has 0 bridgehead atoms. The van der Waals surface area contributed by atoms with Gasteiger partial charge in [-0.25, -0.2) is 0 Å². The lowest BCUT2D eigenvalue weighted by molar-refractivity contribution is 0.237. The maximum absolute atomic E-state index is 9.28. The highest BCUT2D eigenvalue weighted by Crippen LogP contribution is 2.24. The van der Waals surface area contributed by atoms with Crippen molar-refractivity contribution in [2.24, 2.45) is 0 Å². The van der Waals surface area contributed by atoms with Gasteiger partial charge in [0.25, 0.3) is 0 Å². The van der Waals surface area contributed by atoms with E-state index in [2.05, 4.69) is 46.4 Å². The van der Waals surface area contributed by atoms with E-state index in [1.54, 1.807) is 0 Å². The first-order chi connectivity index (χ1) is 10.7. The SMILES string of the molecule is CCC(CO)NCc1cc(Br)ccc1OCc1ccccc1.Cl. The van der Waals surface area contributed by atoms with E-state index in [9.17, 15) is 5.11 Å². The normalized spacial score (nSPS) is 11.6. The molecule has 5 heteroatoms. The Morgan fingerprint density at radius 1 is 1.17 bits per heavy atom. The number of halogens is 2. The molecule has 2 aromatic rings. The topological polar surface area (TPSA) is 41.5 Å². The smallest absolute Gasteiger partial charge is 0.124 e. The van der Waals surface area contributed by atoms with Crippen molar-refractivity contribution >= 4 is 28.3 Å². The van der Waals surface area contributed by atoms with Crippen LogP contribution in [0, 0.1) is 0 Å². The summed E-state index contributed by atoms with van der Waals surface area (Å²) in [6.07, 6.45) is 0.894. The van der Waals surface area contributed by atoms with Crippen molar-refractivity contribution in [3.05, 3.63) is 64.1 Å². The number of aliphatic hydroxyl groups is 1. The number of ether oxygens (including phenoxy) is 1. The number of nitrogens with one attached hydrogen (secondary N) is 1. The Bertz CT molecular complexity index is 576. The van der Waals surface area contributed by atoms with Crippen LogP contribution in [-0.4, -0.2) is 17.8 Å². The Morgan fingerprint density at radius 3 is 2.57 bits per heavy atom. The lowest BCUT2D eigenvalue weighted by Gasteiger charge is -2.17. The van der Waals surface area contributed by atoms with E-state index in [4.69, 9.17) is 4.74 Å². The molecule has 2 aromatic carbocycles. The fourth-order valence-electron chi connectivity index (χ4n) is 2.15. The van der Waals surface area contributed by atoms with Gasteiger partial charge in [0.2, 0.25) is 0 Å². The molecule has 0 amide bonds. The fraction of sp³-hybridized carbons (Fsp3) is 0.333. The predicted octanol–water partition coefficient (Wildman–Crippen LogP) is 4.31. The first-order valence-corrected chi connectivity index (χ1v) is 8.31. The summed E-state index contributed by atoms with van der Waals surface area (Å²) in [5.41, 5.74) is 2.23. The van der Waals surface area contributed by atoms with Crippen molar-refractivity contribution in [1.82, 2.24) is 5.32 Å². The van der Waals surface area contributed by atoms with E-state index in [0.29, 0.717) is 13.2 Å². The zero-order chi connectivity index (χ0) is 15.8. The highest BCUT2D eigenvalue weighted by Gasteiger charge is 2.08. The molecular weight excluding hydrogens is 378 g/mol. The summed E-state index contributed by atoms with van der Waals surface area (Å²) >= 11 is 3.50. The molecule has 0 aliphatic carbocycles. The monoisotopic (exact) mass is 399 g/mol. The predicted molar refractivity (Wildman–Crippen MR) is 100 cm³/mol. The van der Waals surface area contributed by atoms with E-state index in [1.807, 2.05) is 30.3 Å². The fourth-order valence-corrected chi connectivity index (χ4v) is 2.56. The number of rotatable bonds is 8. The van der Waals surface area contributed by atoms with Gasteiger partial charge in [-0.05, 0) is 30.2 Å². The molecule has 1 atom stereocenters. The first kappa shape index (κ1) is 20.0. The third-order valence-electron chi connectivity index (χ3n) is 3.55. The van der Waals surface area contributed by atoms with Crippen LogP contribution in [0.4, 0.5) is 0 Å². The highest BCUT2D eigenvalue weighted by atomic mass is 79.9. The number of benzene rings is 2. The van der Waals surface area contributed by atoms with E-state index in [-0.39, 0.29) is 25.1 Å². The number of hydrogen-bond acceptors (Lipinski definition) is 3. The molecule has 0 saturated heterocycles. The molecule has 1 unspecified atom stereocenters. The lowest BCUT2D eigenvalue weighted by atomic mass is 10.1. The van der Waals surface area contributed by atoms with E-state index >= 15 is 0 Å². The van der Waals surface area contributed by atoms with Crippen LogP contribution in [0.5, 0.6) is 5.75 Å². The molecule has 0 saturated carbocycles. The third kappa shape index (κ3) is 6.51. The van der Waals surface area contributed by atoms with Crippen LogP contribution in [0.2, 0.25) is 0 Å². The van der Waals surface area contributed by atoms with Crippen LogP contribution >= 0.6 is 28.3 Å². The molecule has 0 heterocycles. The van der Waals surface area contributed by atoms with E-state index in [1.165, 1.54) is 0 Å². The Morgan fingerprint density at radius 2 is 1.91 bits per heavy atom. The van der Waals surface area contributed by atoms with Crippen LogP contribution in [0.15, 0.2) is 53.0 Å². The van der Waals surface area contributed by atoms with Crippen molar-refractivity contribution in [1.29, 1.82) is 0 Å². The minimum atomic E-state index is 0. The zero-order valence-corrected chi connectivity index (χ0v) is 15.6. The van der Waals surface area contributed by atoms with Crippen LogP contribution in [0.25, 0.3) is 0 Å². The lowest BCUT2D eigenvalue weighted by Crippen LogP contribution is -2.31. The highest BCUT2D eigenvalue weighted by molar-refractivity contribution is 9.10. The maximum atomic E-state index is 9.28. The average molecular weight is 401 g/mol. The summed E-state index contributed by atoms with van der Waals surface area (Å²) in [7, 11) is 0. The summed E-state index contributed by atoms with van der Waals surface area (Å²) < 4.78 is 6.98. The van der Waals surface area contributed by atoms with E-state index < -0.39 is 0 Å². The van der Waals surface area contributed by atoms with Gasteiger partial charge < -0.3 is 15.2 Å². The van der Waals surface area contributed by atoms with Gasteiger partial charge in [-0.3, -0.25) is 0 Å². The third-order valence-corrected chi connectivity index (χ3v) is 4.05. The van der Waals surface area contributed by atoms with Gasteiger partial charge in [0.1, 0.15) is 12.4 Å². The van der Waals surface area contributed by atoms with E-state index in [0.717, 1.165) is 27.8 Å². The molecule has 23 heavy (non-hydrogen) atoms. The second kappa shape index (κ2) is 10.7. The zero-order valence-electron chi connectivity index (χ0n) is 13.2. The number of aliphatic hydroxyl groups excluding tert-OH is 1. The number of hydrogen-bond donors (Lipinski definition) is 2. The molecule has 126 valence electrons. The maximum Gasteiger partial charge on any atom is 0.124 e. The van der Waals surface area contributed by atoms with Crippen molar-refractivity contribution in [2.45, 2.75) is 32.5 Å². The average Bonchev–Trinajstić information content (AvgIpc) is 2.56. The molecular formula is C18H23BrClNO2. The molecule has 0 aliphatic rings. The molecule has 0 fully saturated rings. The van der Waals surface area contributed by atoms with Gasteiger partial charge in [-0.2, -0.15) is 0 Å². The minimum absolute atomic E-state index is 0. The molecule has 0 radical (unpaired) electrons. The van der Waals surface area contributed by atoms with Gasteiger partial charge in [-0.1, -0.05) is 53.2 Å². The van der Waals surface area contributed by atoms with Crippen molar-refractivity contribution in [3.8, 4) is 5.75 Å². The van der Waals surface area contributed by atoms with Crippen LogP contribution in [0.1, 0.15) is 24.5 Å². The van der Waals surface area contributed by atoms with Gasteiger partial charge in [0, 0.05) is 22.6 Å². The quantitative estimate of drug-likeness (QED) is 0.694. The summed E-state index contributed by atoms with van der Waals surface area (Å²) in [4.78, 5) is 0. The first-order valence-electron chi connectivity index (χ1n) is 7.52. The molecule has 0 aromatic heterocycles. The van der Waals surface area contributed by atoms with Crippen molar-refractivity contribution in [3.63, 3.8) is 0 Å². The second-order valence-corrected chi connectivity index (χ2v) is 6.11. The molecule has 2 rings (SSSR count). The van der Waals surface area contributed by atoms with Gasteiger partial charge in [-0.15, -0.1) is 12.4 Å². The van der Waals surface area contributed by atoms with Crippen LogP contribution in [0.3, 0.4) is 0 Å². The van der Waals surface area contributed by atoms with Crippen molar-refractivity contribution < 1.29 is 9.84 Å². The minimum Gasteiger partial charge on any atom is -0.489 e. The van der Waals surface area contributed by atoms with Gasteiger partial charge in [0.05, 0.1) is 6.61 Å². The Labute approximate surface area is 152 Å². The Hall–Kier alpha value is -1.07. The van der Waals surface area contributed by atoms with Gasteiger partial charge in [0.15, 0.2) is 0 Å². The standard InChI is InChI=1S/C18H22BrNO2.ClH/c1-2-17(12-21)20-11-15-10-16(19)8-9-18(15)22-13-14-6-4-3-5-7-14;/h3-10,17,20-21H,2,11-13H2,1H3;1H. The van der Waals surface area contributed by atoms with Crippen LogP contribution in [-0.2, 0) is 13.2 Å². The Kier molecular flexibility index (Phi) is 9.26. The largest absolute Gasteiger partial charge is 0.489 e. The summed E-state index contributed by atoms with van der Waals surface area (Å²) in [6, 6.07) is 16.2. The molecule has 0 aliphatic heterocycles. The van der Waals surface area contributed by atoms with Crippen LogP contribution < -0.4 is 10.1 Å². The Balaban J connectivity index is 0.00000264. The van der Waals surface area contributed by atoms with Crippen molar-refractivity contribution in [2.75, 3.05) is 6.61 Å². The molecule has 3 nitrogen and oxygen atoms in total. The summed E-state index contributed by atoms with van der Waals surface area (Å²) in [5.74, 6) is 0.868. The molecule has 0 spiro atoms. The van der Waals surface area contributed by atoms with Gasteiger partial charge >= 0.3 is 0 Å². The molecule has 2 N–H and O–H groups in total. The summed E-state index contributed by atoms with van der Waals surface area (Å²) in [6.45, 7) is 3.42. The second-order valence-electron chi connectivity index (χ2n) is 5.19. The summed E-state index contributed by atoms with van der Waals surface area (Å²) in [5, 5.41) is 12.6.